The van der Waals surface area contributed by atoms with Gasteiger partial charge < -0.3 is 19.3 Å². The van der Waals surface area contributed by atoms with E-state index in [4.69, 9.17) is 9.47 Å². The Bertz CT molecular complexity index is 808. The maximum Gasteiger partial charge on any atom is 0.253 e. The Morgan fingerprint density at radius 2 is 2.15 bits per heavy atom. The summed E-state index contributed by atoms with van der Waals surface area (Å²) in [7, 11) is 1.84. The third kappa shape index (κ3) is 3.30. The molecule has 8 heteroatoms. The van der Waals surface area contributed by atoms with Crippen LogP contribution in [0.15, 0.2) is 30.6 Å². The Hall–Kier alpha value is -2.45. The van der Waals surface area contributed by atoms with E-state index >= 15 is 0 Å². The second-order valence-electron chi connectivity index (χ2n) is 6.94. The molecule has 2 aliphatic heterocycles. The molecule has 1 amide bonds. The fourth-order valence-electron chi connectivity index (χ4n) is 3.49. The van der Waals surface area contributed by atoms with E-state index in [1.807, 2.05) is 38.4 Å². The quantitative estimate of drug-likeness (QED) is 0.790. The Labute approximate surface area is 152 Å². The van der Waals surface area contributed by atoms with Crippen LogP contribution in [0.25, 0.3) is 0 Å². The minimum absolute atomic E-state index is 0.0351. The number of pyridine rings is 1. The average molecular weight is 357 g/mol. The highest BCUT2D eigenvalue weighted by Gasteiger charge is 2.44. The first-order valence-electron chi connectivity index (χ1n) is 8.74. The Morgan fingerprint density at radius 1 is 1.27 bits per heavy atom. The molecule has 0 radical (unpaired) electrons. The Kier molecular flexibility index (Phi) is 4.37. The van der Waals surface area contributed by atoms with Gasteiger partial charge in [0, 0.05) is 25.5 Å². The van der Waals surface area contributed by atoms with Crippen LogP contribution in [0.1, 0.15) is 5.69 Å². The molecule has 2 fully saturated rings. The standard InChI is InChI=1S/C18H23N5O3/c1-14-4-3-5-16(20-14)22-6-7-25-13-18(11-22)12-23(17(24)10-26-18)15-8-19-21(2)9-15/h3-5,8-9H,6-7,10-13H2,1-2H3/t18-/m0/s1. The van der Waals surface area contributed by atoms with E-state index in [-0.39, 0.29) is 12.5 Å². The van der Waals surface area contributed by atoms with Crippen LogP contribution < -0.4 is 9.80 Å². The molecule has 2 aromatic heterocycles. The second kappa shape index (κ2) is 6.69. The highest BCUT2D eigenvalue weighted by atomic mass is 16.6. The number of hydrogen-bond donors (Lipinski definition) is 0. The third-order valence-electron chi connectivity index (χ3n) is 4.80. The van der Waals surface area contributed by atoms with Crippen molar-refractivity contribution in [3.8, 4) is 0 Å². The van der Waals surface area contributed by atoms with Gasteiger partial charge in [0.2, 0.25) is 0 Å². The molecule has 1 spiro atoms. The lowest BCUT2D eigenvalue weighted by atomic mass is 10.0. The van der Waals surface area contributed by atoms with Crippen molar-refractivity contribution < 1.29 is 14.3 Å². The molecule has 0 aromatic carbocycles. The van der Waals surface area contributed by atoms with Crippen molar-refractivity contribution in [2.75, 3.05) is 49.3 Å². The van der Waals surface area contributed by atoms with E-state index in [0.29, 0.717) is 26.3 Å². The van der Waals surface area contributed by atoms with E-state index < -0.39 is 5.60 Å². The van der Waals surface area contributed by atoms with Gasteiger partial charge in [-0.05, 0) is 19.1 Å². The van der Waals surface area contributed by atoms with Gasteiger partial charge in [-0.1, -0.05) is 6.07 Å². The monoisotopic (exact) mass is 357 g/mol. The first kappa shape index (κ1) is 17.0. The molecule has 26 heavy (non-hydrogen) atoms. The first-order chi connectivity index (χ1) is 12.5. The molecular formula is C18H23N5O3. The van der Waals surface area contributed by atoms with Crippen LogP contribution in [0.4, 0.5) is 11.5 Å². The number of morpholine rings is 1. The molecule has 0 bridgehead atoms. The van der Waals surface area contributed by atoms with Crippen LogP contribution in [-0.4, -0.2) is 65.7 Å². The van der Waals surface area contributed by atoms with Gasteiger partial charge in [-0.15, -0.1) is 0 Å². The molecule has 8 nitrogen and oxygen atoms in total. The van der Waals surface area contributed by atoms with Gasteiger partial charge in [-0.25, -0.2) is 4.98 Å². The number of carbonyl (C=O) groups excluding carboxylic acids is 1. The van der Waals surface area contributed by atoms with Crippen LogP contribution in [0.3, 0.4) is 0 Å². The first-order valence-corrected chi connectivity index (χ1v) is 8.74. The van der Waals surface area contributed by atoms with Gasteiger partial charge in [-0.2, -0.15) is 5.10 Å². The summed E-state index contributed by atoms with van der Waals surface area (Å²) in [4.78, 5) is 21.0. The zero-order valence-corrected chi connectivity index (χ0v) is 15.1. The van der Waals surface area contributed by atoms with Gasteiger partial charge in [0.05, 0.1) is 38.2 Å². The molecule has 0 unspecified atom stereocenters. The molecule has 1 atom stereocenters. The number of amides is 1. The van der Waals surface area contributed by atoms with Crippen LogP contribution >= 0.6 is 0 Å². The van der Waals surface area contributed by atoms with Gasteiger partial charge in [0.1, 0.15) is 18.0 Å². The van der Waals surface area contributed by atoms with Crippen LogP contribution in [0.5, 0.6) is 0 Å². The van der Waals surface area contributed by atoms with Gasteiger partial charge >= 0.3 is 0 Å². The number of rotatable bonds is 2. The van der Waals surface area contributed by atoms with Crippen LogP contribution in [-0.2, 0) is 21.3 Å². The van der Waals surface area contributed by atoms with Gasteiger partial charge in [0.25, 0.3) is 5.91 Å². The maximum absolute atomic E-state index is 12.4. The zero-order valence-electron chi connectivity index (χ0n) is 15.1. The van der Waals surface area contributed by atoms with Crippen LogP contribution in [0, 0.1) is 6.92 Å². The zero-order chi connectivity index (χ0) is 18.1. The summed E-state index contributed by atoms with van der Waals surface area (Å²) in [6.45, 7) is 4.84. The fraction of sp³-hybridized carbons (Fsp3) is 0.500. The molecule has 4 heterocycles. The third-order valence-corrected chi connectivity index (χ3v) is 4.80. The number of aryl methyl sites for hydroxylation is 2. The molecule has 0 N–H and O–H groups in total. The fourth-order valence-corrected chi connectivity index (χ4v) is 3.49. The Morgan fingerprint density at radius 3 is 2.92 bits per heavy atom. The smallest absolute Gasteiger partial charge is 0.253 e. The van der Waals surface area contributed by atoms with Crippen molar-refractivity contribution in [3.05, 3.63) is 36.3 Å². The summed E-state index contributed by atoms with van der Waals surface area (Å²) >= 11 is 0. The maximum atomic E-state index is 12.4. The Balaban J connectivity index is 1.60. The predicted octanol–water partition coefficient (Wildman–Crippen LogP) is 0.762. The number of hydrogen-bond acceptors (Lipinski definition) is 6. The van der Waals surface area contributed by atoms with Crippen molar-refractivity contribution in [3.63, 3.8) is 0 Å². The molecule has 0 aliphatic carbocycles. The van der Waals surface area contributed by atoms with Crippen molar-refractivity contribution in [1.29, 1.82) is 0 Å². The largest absolute Gasteiger partial charge is 0.376 e. The van der Waals surface area contributed by atoms with Crippen molar-refractivity contribution in [1.82, 2.24) is 14.8 Å². The highest BCUT2D eigenvalue weighted by molar-refractivity contribution is 5.95. The predicted molar refractivity (Wildman–Crippen MR) is 96.3 cm³/mol. The molecule has 2 aromatic rings. The van der Waals surface area contributed by atoms with Gasteiger partial charge in [-0.3, -0.25) is 9.48 Å². The van der Waals surface area contributed by atoms with Crippen molar-refractivity contribution in [2.24, 2.45) is 7.05 Å². The van der Waals surface area contributed by atoms with E-state index in [9.17, 15) is 4.79 Å². The van der Waals surface area contributed by atoms with Crippen LogP contribution in [0.2, 0.25) is 0 Å². The highest BCUT2D eigenvalue weighted by Crippen LogP contribution is 2.28. The van der Waals surface area contributed by atoms with E-state index in [0.717, 1.165) is 23.7 Å². The minimum atomic E-state index is -0.592. The summed E-state index contributed by atoms with van der Waals surface area (Å²) < 4.78 is 13.6. The van der Waals surface area contributed by atoms with Crippen molar-refractivity contribution >= 4 is 17.4 Å². The number of anilines is 2. The molecule has 4 rings (SSSR count). The topological polar surface area (TPSA) is 72.7 Å². The van der Waals surface area contributed by atoms with E-state index in [2.05, 4.69) is 15.0 Å². The molecule has 2 saturated heterocycles. The number of aromatic nitrogens is 3. The lowest BCUT2D eigenvalue weighted by Gasteiger charge is -2.42. The number of carbonyl (C=O) groups is 1. The summed E-state index contributed by atoms with van der Waals surface area (Å²) in [5, 5.41) is 4.18. The lowest BCUT2D eigenvalue weighted by molar-refractivity contribution is -0.143. The summed E-state index contributed by atoms with van der Waals surface area (Å²) in [5.41, 5.74) is 1.16. The minimum Gasteiger partial charge on any atom is -0.376 e. The SMILES string of the molecule is Cc1cccc(N2CCOC[C@]3(C2)CN(c2cnn(C)c2)C(=O)CO3)n1. The second-order valence-corrected chi connectivity index (χ2v) is 6.94. The lowest BCUT2D eigenvalue weighted by Crippen LogP contribution is -2.61. The molecule has 2 aliphatic rings. The summed E-state index contributed by atoms with van der Waals surface area (Å²) in [5.74, 6) is 0.844. The summed E-state index contributed by atoms with van der Waals surface area (Å²) in [6, 6.07) is 5.98. The molecule has 138 valence electrons. The number of nitrogens with zero attached hydrogens (tertiary/aromatic N) is 5. The normalized spacial score (nSPS) is 24.2. The van der Waals surface area contributed by atoms with E-state index in [1.165, 1.54) is 0 Å². The average Bonchev–Trinajstić information content (AvgIpc) is 2.95. The van der Waals surface area contributed by atoms with E-state index in [1.54, 1.807) is 15.8 Å². The van der Waals surface area contributed by atoms with Gasteiger partial charge in [0.15, 0.2) is 0 Å². The number of ether oxygens (including phenoxy) is 2. The molecule has 0 saturated carbocycles. The molecular weight excluding hydrogens is 334 g/mol. The summed E-state index contributed by atoms with van der Waals surface area (Å²) in [6.07, 6.45) is 3.54. The van der Waals surface area contributed by atoms with Crippen molar-refractivity contribution in [2.45, 2.75) is 12.5 Å².